The molecule has 0 aliphatic heterocycles. The lowest BCUT2D eigenvalue weighted by Gasteiger charge is -2.24. The summed E-state index contributed by atoms with van der Waals surface area (Å²) in [7, 11) is 0. The average Bonchev–Trinajstić information content (AvgIpc) is 2.28. The van der Waals surface area contributed by atoms with Crippen molar-refractivity contribution < 1.29 is 29.3 Å². The smallest absolute Gasteiger partial charge is 0.379 e. The van der Waals surface area contributed by atoms with Crippen LogP contribution in [-0.2, 0) is 24.9 Å². The van der Waals surface area contributed by atoms with Crippen molar-refractivity contribution in [2.75, 3.05) is 0 Å². The second-order valence-electron chi connectivity index (χ2n) is 3.24. The van der Waals surface area contributed by atoms with Crippen LogP contribution in [0.5, 0.6) is 0 Å². The monoisotopic (exact) mass is 238 g/mol. The van der Waals surface area contributed by atoms with E-state index in [0.717, 1.165) is 6.92 Å². The Bertz CT molecular complexity index is 452. The van der Waals surface area contributed by atoms with Crippen molar-refractivity contribution in [3.8, 4) is 0 Å². The molecular formula is C11H10O6. The minimum Gasteiger partial charge on any atom is -0.475 e. The molecule has 0 aliphatic carbocycles. The molecule has 1 rings (SSSR count). The van der Waals surface area contributed by atoms with Gasteiger partial charge in [0.1, 0.15) is 0 Å². The van der Waals surface area contributed by atoms with E-state index in [1.165, 1.54) is 24.3 Å². The van der Waals surface area contributed by atoms with Crippen LogP contribution in [0.4, 0.5) is 0 Å². The van der Waals surface area contributed by atoms with Gasteiger partial charge in [-0.2, -0.15) is 0 Å². The number of benzene rings is 1. The van der Waals surface area contributed by atoms with Crippen molar-refractivity contribution in [2.24, 2.45) is 0 Å². The predicted molar refractivity (Wildman–Crippen MR) is 54.7 cm³/mol. The van der Waals surface area contributed by atoms with Crippen molar-refractivity contribution in [2.45, 2.75) is 12.7 Å². The maximum absolute atomic E-state index is 11.4. The van der Waals surface area contributed by atoms with Crippen LogP contribution in [0.2, 0.25) is 0 Å². The number of aliphatic carboxylic acids is 1. The molecule has 0 aromatic heterocycles. The summed E-state index contributed by atoms with van der Waals surface area (Å²) in [6.07, 6.45) is 0. The lowest BCUT2D eigenvalue weighted by molar-refractivity contribution is -0.214. The maximum atomic E-state index is 11.4. The fourth-order valence-electron chi connectivity index (χ4n) is 1.25. The first-order valence-electron chi connectivity index (χ1n) is 4.63. The van der Waals surface area contributed by atoms with E-state index in [1.54, 1.807) is 6.07 Å². The molecule has 0 amide bonds. The van der Waals surface area contributed by atoms with Crippen molar-refractivity contribution in [1.29, 1.82) is 0 Å². The normalized spacial score (nSPS) is 13.5. The number of carbonyl (C=O) groups is 3. The number of Topliss-reactive ketones (excluding diaryl/α,β-unsaturated/α-hetero) is 1. The molecule has 0 aliphatic rings. The number of rotatable bonds is 4. The zero-order valence-electron chi connectivity index (χ0n) is 8.91. The van der Waals surface area contributed by atoms with Gasteiger partial charge in [-0.3, -0.25) is 9.59 Å². The minimum atomic E-state index is -2.79. The molecule has 17 heavy (non-hydrogen) atoms. The topological polar surface area (TPSA) is 101 Å². The van der Waals surface area contributed by atoms with Gasteiger partial charge in [-0.25, -0.2) is 4.79 Å². The summed E-state index contributed by atoms with van der Waals surface area (Å²) in [4.78, 5) is 32.8. The van der Waals surface area contributed by atoms with E-state index in [0.29, 0.717) is 0 Å². The third-order valence-electron chi connectivity index (χ3n) is 1.96. The quantitative estimate of drug-likeness (QED) is 0.436. The van der Waals surface area contributed by atoms with Gasteiger partial charge in [-0.05, 0) is 0 Å². The fourth-order valence-corrected chi connectivity index (χ4v) is 1.25. The Balaban J connectivity index is 3.24. The summed E-state index contributed by atoms with van der Waals surface area (Å²) in [5, 5.41) is 18.5. The van der Waals surface area contributed by atoms with E-state index in [1.807, 2.05) is 0 Å². The second-order valence-corrected chi connectivity index (χ2v) is 3.24. The lowest BCUT2D eigenvalue weighted by Crippen LogP contribution is -2.44. The van der Waals surface area contributed by atoms with Crippen LogP contribution in [0, 0.1) is 0 Å². The van der Waals surface area contributed by atoms with Crippen LogP contribution in [0.3, 0.4) is 0 Å². The first-order valence-corrected chi connectivity index (χ1v) is 4.63. The zero-order chi connectivity index (χ0) is 13.1. The van der Waals surface area contributed by atoms with E-state index >= 15 is 0 Å². The number of hydrogen-bond donors (Lipinski definition) is 2. The first-order chi connectivity index (χ1) is 7.88. The van der Waals surface area contributed by atoms with Gasteiger partial charge in [0.25, 0.3) is 0 Å². The SMILES string of the molecule is CC(=O)OC(O)(C(=O)C(=O)O)c1ccccc1. The summed E-state index contributed by atoms with van der Waals surface area (Å²) >= 11 is 0. The second kappa shape index (κ2) is 4.75. The molecule has 1 unspecified atom stereocenters. The molecule has 1 aromatic rings. The van der Waals surface area contributed by atoms with Crippen LogP contribution in [0.15, 0.2) is 30.3 Å². The number of aliphatic hydroxyl groups is 1. The summed E-state index contributed by atoms with van der Waals surface area (Å²) in [6, 6.07) is 7.11. The number of hydrogen-bond acceptors (Lipinski definition) is 5. The molecule has 0 bridgehead atoms. The number of carbonyl (C=O) groups excluding carboxylic acids is 2. The first kappa shape index (κ1) is 12.9. The van der Waals surface area contributed by atoms with Crippen molar-refractivity contribution in [3.63, 3.8) is 0 Å². The van der Waals surface area contributed by atoms with E-state index in [9.17, 15) is 19.5 Å². The van der Waals surface area contributed by atoms with Crippen LogP contribution in [-0.4, -0.2) is 27.9 Å². The van der Waals surface area contributed by atoms with Crippen LogP contribution >= 0.6 is 0 Å². The molecule has 0 saturated heterocycles. The lowest BCUT2D eigenvalue weighted by atomic mass is 10.0. The van der Waals surface area contributed by atoms with Gasteiger partial charge >= 0.3 is 23.5 Å². The van der Waals surface area contributed by atoms with Gasteiger partial charge in [0.2, 0.25) is 0 Å². The molecule has 2 N–H and O–H groups in total. The van der Waals surface area contributed by atoms with E-state index in [4.69, 9.17) is 5.11 Å². The van der Waals surface area contributed by atoms with Gasteiger partial charge in [0, 0.05) is 12.5 Å². The Morgan fingerprint density at radius 2 is 1.71 bits per heavy atom. The largest absolute Gasteiger partial charge is 0.475 e. The molecule has 90 valence electrons. The number of ketones is 1. The molecule has 1 atom stereocenters. The Morgan fingerprint density at radius 3 is 2.12 bits per heavy atom. The summed E-state index contributed by atoms with van der Waals surface area (Å²) in [5.74, 6) is -7.28. The van der Waals surface area contributed by atoms with E-state index < -0.39 is 23.5 Å². The highest BCUT2D eigenvalue weighted by atomic mass is 16.7. The third kappa shape index (κ3) is 2.67. The molecule has 0 heterocycles. The highest BCUT2D eigenvalue weighted by molar-refractivity contribution is 6.35. The van der Waals surface area contributed by atoms with Crippen LogP contribution in [0.1, 0.15) is 12.5 Å². The molecule has 6 nitrogen and oxygen atoms in total. The molecule has 0 spiro atoms. The maximum Gasteiger partial charge on any atom is 0.379 e. The Morgan fingerprint density at radius 1 is 1.18 bits per heavy atom. The zero-order valence-corrected chi connectivity index (χ0v) is 8.91. The van der Waals surface area contributed by atoms with Gasteiger partial charge in [0.05, 0.1) is 0 Å². The van der Waals surface area contributed by atoms with E-state index in [2.05, 4.69) is 4.74 Å². The average molecular weight is 238 g/mol. The number of carboxylic acid groups (broad SMARTS) is 1. The highest BCUT2D eigenvalue weighted by Crippen LogP contribution is 2.24. The molecule has 0 fully saturated rings. The molecule has 1 aromatic carbocycles. The van der Waals surface area contributed by atoms with Gasteiger partial charge in [-0.1, -0.05) is 30.3 Å². The van der Waals surface area contributed by atoms with Crippen LogP contribution < -0.4 is 0 Å². The predicted octanol–water partition coefficient (Wildman–Crippen LogP) is 0.0485. The standard InChI is InChI=1S/C11H10O6/c1-7(12)17-11(16,9(13)10(14)15)8-5-3-2-4-6-8/h2-6,16H,1H3,(H,14,15). The Kier molecular flexibility index (Phi) is 3.59. The third-order valence-corrected chi connectivity index (χ3v) is 1.96. The van der Waals surface area contributed by atoms with Crippen molar-refractivity contribution in [1.82, 2.24) is 0 Å². The number of ether oxygens (including phenoxy) is 1. The highest BCUT2D eigenvalue weighted by Gasteiger charge is 2.45. The molecule has 0 saturated carbocycles. The summed E-state index contributed by atoms with van der Waals surface area (Å²) in [6.45, 7) is 0.961. The summed E-state index contributed by atoms with van der Waals surface area (Å²) < 4.78 is 4.43. The van der Waals surface area contributed by atoms with Crippen molar-refractivity contribution in [3.05, 3.63) is 35.9 Å². The van der Waals surface area contributed by atoms with Gasteiger partial charge in [0.15, 0.2) is 0 Å². The van der Waals surface area contributed by atoms with Crippen molar-refractivity contribution >= 4 is 17.7 Å². The summed E-state index contributed by atoms with van der Waals surface area (Å²) in [5.41, 5.74) is -0.123. The number of esters is 1. The fraction of sp³-hybridized carbons (Fsp3) is 0.182. The molecule has 0 radical (unpaired) electrons. The van der Waals surface area contributed by atoms with Crippen LogP contribution in [0.25, 0.3) is 0 Å². The van der Waals surface area contributed by atoms with E-state index in [-0.39, 0.29) is 5.56 Å². The molecule has 6 heteroatoms. The van der Waals surface area contributed by atoms with Gasteiger partial charge in [-0.15, -0.1) is 0 Å². The Labute approximate surface area is 96.4 Å². The Hall–Kier alpha value is -2.21. The minimum absolute atomic E-state index is 0.123. The molecular weight excluding hydrogens is 228 g/mol. The van der Waals surface area contributed by atoms with Gasteiger partial charge < -0.3 is 14.9 Å². The number of carboxylic acids is 1.